The van der Waals surface area contributed by atoms with Gasteiger partial charge in [-0.15, -0.1) is 0 Å². The summed E-state index contributed by atoms with van der Waals surface area (Å²) in [5.41, 5.74) is -1.72. The molecule has 0 amide bonds. The van der Waals surface area contributed by atoms with Gasteiger partial charge < -0.3 is 9.47 Å². The van der Waals surface area contributed by atoms with Gasteiger partial charge in [0.1, 0.15) is 5.60 Å². The molecule has 0 radical (unpaired) electrons. The van der Waals surface area contributed by atoms with Gasteiger partial charge in [-0.2, -0.15) is 0 Å². The molecule has 1 aliphatic rings. The van der Waals surface area contributed by atoms with Crippen LogP contribution in [0.2, 0.25) is 0 Å². The van der Waals surface area contributed by atoms with Gasteiger partial charge in [0.2, 0.25) is 5.60 Å². The smallest absolute Gasteiger partial charge is 0.343 e. The van der Waals surface area contributed by atoms with Crippen LogP contribution in [0.4, 0.5) is 0 Å². The average Bonchev–Trinajstić information content (AvgIpc) is 2.98. The van der Waals surface area contributed by atoms with Gasteiger partial charge in [-0.3, -0.25) is 4.84 Å². The van der Waals surface area contributed by atoms with Gasteiger partial charge in [0.25, 0.3) is 0 Å². The first-order valence-corrected chi connectivity index (χ1v) is 5.93. The van der Waals surface area contributed by atoms with Gasteiger partial charge in [-0.1, -0.05) is 12.8 Å². The normalized spacial score (nSPS) is 19.8. The Labute approximate surface area is 103 Å². The summed E-state index contributed by atoms with van der Waals surface area (Å²) in [7, 11) is 1.52. The number of nitrogens with two attached hydrogens (primary N) is 1. The van der Waals surface area contributed by atoms with E-state index in [9.17, 15) is 4.79 Å². The average molecular weight is 245 g/mol. The molecule has 0 spiro atoms. The molecule has 0 aromatic rings. The number of methoxy groups -OCH3 is 1. The fourth-order valence-corrected chi connectivity index (χ4v) is 1.72. The molecule has 1 saturated carbocycles. The predicted octanol–water partition coefficient (Wildman–Crippen LogP) is 1.40. The van der Waals surface area contributed by atoms with Crippen LogP contribution < -0.4 is 5.90 Å². The molecule has 0 aromatic carbocycles. The number of ether oxygens (including phenoxy) is 2. The number of esters is 1. The molecule has 100 valence electrons. The maximum Gasteiger partial charge on any atom is 0.343 e. The molecule has 1 atom stereocenters. The van der Waals surface area contributed by atoms with Gasteiger partial charge in [0, 0.05) is 7.11 Å². The van der Waals surface area contributed by atoms with Crippen molar-refractivity contribution in [3.05, 3.63) is 0 Å². The molecular weight excluding hydrogens is 222 g/mol. The molecular formula is C12H23NO4. The molecule has 2 N–H and O–H groups in total. The number of carbonyl (C=O) groups is 1. The second-order valence-corrected chi connectivity index (χ2v) is 5.69. The Bertz CT molecular complexity index is 270. The lowest BCUT2D eigenvalue weighted by atomic mass is 9.97. The van der Waals surface area contributed by atoms with Crippen LogP contribution in [0.3, 0.4) is 0 Å². The summed E-state index contributed by atoms with van der Waals surface area (Å²) in [4.78, 5) is 17.1. The van der Waals surface area contributed by atoms with Crippen molar-refractivity contribution < 1.29 is 19.1 Å². The molecule has 0 heterocycles. The first kappa shape index (κ1) is 14.4. The fraction of sp³-hybridized carbons (Fsp3) is 0.917. The lowest BCUT2D eigenvalue weighted by molar-refractivity contribution is -0.194. The molecule has 1 aliphatic carbocycles. The first-order chi connectivity index (χ1) is 7.83. The van der Waals surface area contributed by atoms with E-state index in [-0.39, 0.29) is 6.61 Å². The summed E-state index contributed by atoms with van der Waals surface area (Å²) in [6.45, 7) is 5.57. The predicted molar refractivity (Wildman–Crippen MR) is 63.1 cm³/mol. The van der Waals surface area contributed by atoms with Crippen molar-refractivity contribution in [2.45, 2.75) is 51.2 Å². The van der Waals surface area contributed by atoms with E-state index in [2.05, 4.69) is 0 Å². The van der Waals surface area contributed by atoms with Crippen LogP contribution in [-0.2, 0) is 19.1 Å². The van der Waals surface area contributed by atoms with E-state index < -0.39 is 17.2 Å². The Balaban J connectivity index is 2.74. The molecule has 0 saturated heterocycles. The minimum absolute atomic E-state index is 0.120. The van der Waals surface area contributed by atoms with E-state index in [1.165, 1.54) is 7.11 Å². The summed E-state index contributed by atoms with van der Waals surface area (Å²) < 4.78 is 10.4. The zero-order chi connectivity index (χ0) is 13.1. The molecule has 1 fully saturated rings. The highest BCUT2D eigenvalue weighted by Crippen LogP contribution is 2.38. The fourth-order valence-electron chi connectivity index (χ4n) is 1.72. The molecule has 0 bridgehead atoms. The largest absolute Gasteiger partial charge is 0.458 e. The maximum atomic E-state index is 12.2. The molecule has 0 unspecified atom stereocenters. The van der Waals surface area contributed by atoms with Crippen LogP contribution in [-0.4, -0.2) is 30.9 Å². The molecule has 0 aromatic heterocycles. The zero-order valence-electron chi connectivity index (χ0n) is 11.1. The van der Waals surface area contributed by atoms with Crippen LogP contribution in [0.1, 0.15) is 40.0 Å². The monoisotopic (exact) mass is 245 g/mol. The highest BCUT2D eigenvalue weighted by atomic mass is 16.7. The van der Waals surface area contributed by atoms with Gasteiger partial charge in [0.05, 0.1) is 6.61 Å². The van der Waals surface area contributed by atoms with Crippen molar-refractivity contribution in [1.29, 1.82) is 0 Å². The first-order valence-electron chi connectivity index (χ1n) is 5.93. The highest BCUT2D eigenvalue weighted by Gasteiger charge is 2.47. The molecule has 17 heavy (non-hydrogen) atoms. The van der Waals surface area contributed by atoms with E-state index in [0.29, 0.717) is 12.3 Å². The minimum Gasteiger partial charge on any atom is -0.458 e. The van der Waals surface area contributed by atoms with E-state index >= 15 is 0 Å². The van der Waals surface area contributed by atoms with Gasteiger partial charge >= 0.3 is 5.97 Å². The summed E-state index contributed by atoms with van der Waals surface area (Å²) in [5.74, 6) is 5.35. The Morgan fingerprint density at radius 2 is 1.94 bits per heavy atom. The third-order valence-corrected chi connectivity index (χ3v) is 2.69. The highest BCUT2D eigenvalue weighted by molar-refractivity contribution is 5.80. The van der Waals surface area contributed by atoms with Crippen molar-refractivity contribution in [3.8, 4) is 0 Å². The quantitative estimate of drug-likeness (QED) is 0.566. The molecule has 5 heteroatoms. The van der Waals surface area contributed by atoms with E-state index in [1.807, 2.05) is 20.8 Å². The lowest BCUT2D eigenvalue weighted by Gasteiger charge is -2.32. The molecule has 5 nitrogen and oxygen atoms in total. The molecule has 0 aliphatic heterocycles. The Kier molecular flexibility index (Phi) is 4.52. The SMILES string of the molecule is COC[C@](CC1CC1)(ON)C(=O)OC(C)(C)C. The van der Waals surface area contributed by atoms with Crippen molar-refractivity contribution in [1.82, 2.24) is 0 Å². The van der Waals surface area contributed by atoms with Crippen molar-refractivity contribution in [2.24, 2.45) is 11.8 Å². The topological polar surface area (TPSA) is 70.8 Å². The second kappa shape index (κ2) is 5.33. The maximum absolute atomic E-state index is 12.2. The lowest BCUT2D eigenvalue weighted by Crippen LogP contribution is -2.51. The number of carbonyl (C=O) groups excluding carboxylic acids is 1. The van der Waals surface area contributed by atoms with Crippen molar-refractivity contribution in [2.75, 3.05) is 13.7 Å². The Morgan fingerprint density at radius 1 is 1.35 bits per heavy atom. The number of hydrogen-bond acceptors (Lipinski definition) is 5. The van der Waals surface area contributed by atoms with Crippen LogP contribution in [0.5, 0.6) is 0 Å². The van der Waals surface area contributed by atoms with Crippen LogP contribution in [0.15, 0.2) is 0 Å². The van der Waals surface area contributed by atoms with Gasteiger partial charge in [-0.25, -0.2) is 10.7 Å². The second-order valence-electron chi connectivity index (χ2n) is 5.69. The zero-order valence-corrected chi connectivity index (χ0v) is 11.1. The number of rotatable bonds is 6. The van der Waals surface area contributed by atoms with Crippen molar-refractivity contribution in [3.63, 3.8) is 0 Å². The Hall–Kier alpha value is -0.650. The number of hydrogen-bond donors (Lipinski definition) is 1. The van der Waals surface area contributed by atoms with Crippen LogP contribution in [0.25, 0.3) is 0 Å². The third kappa shape index (κ3) is 4.26. The minimum atomic E-state index is -1.16. The van der Waals surface area contributed by atoms with Crippen LogP contribution >= 0.6 is 0 Å². The standard InChI is InChI=1S/C12H23NO4/c1-11(2,3)16-10(14)12(17-13,8-15-4)7-9-5-6-9/h9H,5-8,13H2,1-4H3/t12-/m0/s1. The van der Waals surface area contributed by atoms with E-state index in [4.69, 9.17) is 20.2 Å². The van der Waals surface area contributed by atoms with Crippen molar-refractivity contribution >= 4 is 5.97 Å². The summed E-state index contributed by atoms with van der Waals surface area (Å²) in [6, 6.07) is 0. The molecule has 1 rings (SSSR count). The summed E-state index contributed by atoms with van der Waals surface area (Å²) in [5, 5.41) is 0. The summed E-state index contributed by atoms with van der Waals surface area (Å²) in [6.07, 6.45) is 2.78. The van der Waals surface area contributed by atoms with E-state index in [0.717, 1.165) is 12.8 Å². The van der Waals surface area contributed by atoms with Gasteiger partial charge in [-0.05, 0) is 33.1 Å². The Morgan fingerprint density at radius 3 is 2.29 bits per heavy atom. The van der Waals surface area contributed by atoms with E-state index in [1.54, 1.807) is 0 Å². The summed E-state index contributed by atoms with van der Waals surface area (Å²) >= 11 is 0. The van der Waals surface area contributed by atoms with Crippen LogP contribution in [0, 0.1) is 5.92 Å². The van der Waals surface area contributed by atoms with Gasteiger partial charge in [0.15, 0.2) is 0 Å². The third-order valence-electron chi connectivity index (χ3n) is 2.69.